The van der Waals surface area contributed by atoms with Crippen LogP contribution in [0, 0.1) is 0 Å². The second kappa shape index (κ2) is 1.68. The average molecular weight is 150 g/mol. The summed E-state index contributed by atoms with van der Waals surface area (Å²) in [6.45, 7) is 0.234. The van der Waals surface area contributed by atoms with E-state index >= 15 is 0 Å². The van der Waals surface area contributed by atoms with Gasteiger partial charge in [0.15, 0.2) is 0 Å². The summed E-state index contributed by atoms with van der Waals surface area (Å²) in [5.41, 5.74) is 0. The minimum Gasteiger partial charge on any atom is -0.274 e. The lowest BCUT2D eigenvalue weighted by Crippen LogP contribution is -2.50. The van der Waals surface area contributed by atoms with Gasteiger partial charge in [0.1, 0.15) is 0 Å². The van der Waals surface area contributed by atoms with Crippen molar-refractivity contribution >= 4 is 16.1 Å². The van der Waals surface area contributed by atoms with Crippen LogP contribution in [0.25, 0.3) is 0 Å². The molecule has 2 N–H and O–H groups in total. The largest absolute Gasteiger partial charge is 0.301 e. The summed E-state index contributed by atoms with van der Waals surface area (Å²) in [5.74, 6) is -0.419. The highest BCUT2D eigenvalue weighted by Gasteiger charge is 2.31. The van der Waals surface area contributed by atoms with Crippen LogP contribution in [0.2, 0.25) is 0 Å². The highest BCUT2D eigenvalue weighted by molar-refractivity contribution is 7.87. The molecule has 1 rings (SSSR count). The molecule has 0 aromatic rings. The van der Waals surface area contributed by atoms with Gasteiger partial charge >= 0.3 is 10.2 Å². The van der Waals surface area contributed by atoms with Gasteiger partial charge in [-0.05, 0) is 0 Å². The molecule has 0 saturated carbocycles. The van der Waals surface area contributed by atoms with Crippen molar-refractivity contribution in [1.29, 1.82) is 0 Å². The lowest BCUT2D eigenvalue weighted by atomic mass is 10.3. The molecular formula is C3H6N2O3S. The zero-order valence-electron chi connectivity index (χ0n) is 4.57. The molecule has 0 spiro atoms. The smallest absolute Gasteiger partial charge is 0.274 e. The number of β-lactam (4-membered cyclic amide) rings is 1. The van der Waals surface area contributed by atoms with Crippen LogP contribution in [-0.4, -0.2) is 25.2 Å². The van der Waals surface area contributed by atoms with Crippen molar-refractivity contribution in [2.75, 3.05) is 6.54 Å². The molecule has 0 atom stereocenters. The number of carbonyl (C=O) groups excluding carboxylic acids is 1. The summed E-state index contributed by atoms with van der Waals surface area (Å²) in [5, 5.41) is 4.61. The molecule has 0 radical (unpaired) electrons. The standard InChI is InChI=1S/C3H6N2O3S/c4-9(7,8)5-2-1-3(5)6/h1-2H2,(H2,4,7,8). The first-order chi connectivity index (χ1) is 4.02. The molecule has 5 nitrogen and oxygen atoms in total. The Morgan fingerprint density at radius 1 is 1.56 bits per heavy atom. The maximum Gasteiger partial charge on any atom is 0.301 e. The topological polar surface area (TPSA) is 80.5 Å². The van der Waals surface area contributed by atoms with E-state index in [0.717, 1.165) is 0 Å². The van der Waals surface area contributed by atoms with E-state index in [9.17, 15) is 13.2 Å². The monoisotopic (exact) mass is 150 g/mol. The molecule has 9 heavy (non-hydrogen) atoms. The summed E-state index contributed by atoms with van der Waals surface area (Å²) in [7, 11) is -3.73. The van der Waals surface area contributed by atoms with Gasteiger partial charge in [0.05, 0.1) is 0 Å². The van der Waals surface area contributed by atoms with Crippen molar-refractivity contribution in [3.8, 4) is 0 Å². The molecule has 1 amide bonds. The number of rotatable bonds is 1. The van der Waals surface area contributed by atoms with Gasteiger partial charge in [0, 0.05) is 13.0 Å². The summed E-state index contributed by atoms with van der Waals surface area (Å²) in [6.07, 6.45) is 0.288. The molecule has 1 heterocycles. The van der Waals surface area contributed by atoms with Crippen LogP contribution in [-0.2, 0) is 15.0 Å². The molecule has 52 valence electrons. The van der Waals surface area contributed by atoms with Crippen LogP contribution < -0.4 is 5.14 Å². The van der Waals surface area contributed by atoms with Gasteiger partial charge in [-0.15, -0.1) is 0 Å². The van der Waals surface area contributed by atoms with Crippen molar-refractivity contribution in [1.82, 2.24) is 4.31 Å². The summed E-state index contributed by atoms with van der Waals surface area (Å²) in [4.78, 5) is 10.3. The minimum absolute atomic E-state index is 0.234. The first-order valence-corrected chi connectivity index (χ1v) is 3.85. The molecule has 0 aromatic heterocycles. The molecule has 0 bridgehead atoms. The lowest BCUT2D eigenvalue weighted by Gasteiger charge is -2.26. The number of carbonyl (C=O) groups is 1. The van der Waals surface area contributed by atoms with E-state index in [0.29, 0.717) is 4.31 Å². The van der Waals surface area contributed by atoms with Crippen LogP contribution in [0.5, 0.6) is 0 Å². The van der Waals surface area contributed by atoms with Crippen LogP contribution in [0.3, 0.4) is 0 Å². The van der Waals surface area contributed by atoms with Crippen LogP contribution in [0.1, 0.15) is 6.42 Å². The van der Waals surface area contributed by atoms with Gasteiger partial charge in [-0.1, -0.05) is 0 Å². The molecule has 0 unspecified atom stereocenters. The fraction of sp³-hybridized carbons (Fsp3) is 0.667. The number of nitrogens with two attached hydrogens (primary N) is 1. The van der Waals surface area contributed by atoms with Gasteiger partial charge in [-0.3, -0.25) is 4.79 Å². The Morgan fingerprint density at radius 2 is 2.11 bits per heavy atom. The Hall–Kier alpha value is -0.620. The van der Waals surface area contributed by atoms with Crippen LogP contribution >= 0.6 is 0 Å². The van der Waals surface area contributed by atoms with E-state index in [-0.39, 0.29) is 13.0 Å². The van der Waals surface area contributed by atoms with Gasteiger partial charge in [-0.2, -0.15) is 8.42 Å². The predicted octanol–water partition coefficient (Wildman–Crippen LogP) is -1.58. The van der Waals surface area contributed by atoms with Crippen molar-refractivity contribution in [3.05, 3.63) is 0 Å². The second-order valence-corrected chi connectivity index (χ2v) is 3.23. The Labute approximate surface area is 52.6 Å². The molecule has 1 aliphatic heterocycles. The summed E-state index contributed by atoms with van der Waals surface area (Å²) < 4.78 is 21.3. The average Bonchev–Trinajstić information content (AvgIpc) is 1.57. The Balaban J connectivity index is 2.77. The SMILES string of the molecule is NS(=O)(=O)N1CCC1=O. The van der Waals surface area contributed by atoms with Crippen LogP contribution in [0.4, 0.5) is 0 Å². The van der Waals surface area contributed by atoms with Gasteiger partial charge in [-0.25, -0.2) is 9.44 Å². The third kappa shape index (κ3) is 1.03. The van der Waals surface area contributed by atoms with Gasteiger partial charge in [0.25, 0.3) is 0 Å². The first kappa shape index (κ1) is 6.50. The van der Waals surface area contributed by atoms with Gasteiger partial charge in [0.2, 0.25) is 5.91 Å². The molecule has 0 aromatic carbocycles. The van der Waals surface area contributed by atoms with Crippen LogP contribution in [0.15, 0.2) is 0 Å². The van der Waals surface area contributed by atoms with Crippen molar-refractivity contribution in [2.45, 2.75) is 6.42 Å². The van der Waals surface area contributed by atoms with E-state index in [1.165, 1.54) is 0 Å². The molecular weight excluding hydrogens is 144 g/mol. The van der Waals surface area contributed by atoms with Gasteiger partial charge < -0.3 is 0 Å². The Kier molecular flexibility index (Phi) is 1.21. The van der Waals surface area contributed by atoms with E-state index in [1.807, 2.05) is 0 Å². The zero-order valence-corrected chi connectivity index (χ0v) is 5.39. The first-order valence-electron chi connectivity index (χ1n) is 2.35. The summed E-state index contributed by atoms with van der Waals surface area (Å²) in [6, 6.07) is 0. The molecule has 1 saturated heterocycles. The minimum atomic E-state index is -3.73. The maximum absolute atomic E-state index is 10.3. The molecule has 1 aliphatic rings. The van der Waals surface area contributed by atoms with Crippen molar-refractivity contribution in [3.63, 3.8) is 0 Å². The second-order valence-electron chi connectivity index (χ2n) is 1.76. The number of amides is 1. The maximum atomic E-state index is 10.3. The normalized spacial score (nSPS) is 19.7. The highest BCUT2D eigenvalue weighted by atomic mass is 32.2. The zero-order chi connectivity index (χ0) is 7.07. The third-order valence-electron chi connectivity index (χ3n) is 1.11. The molecule has 0 aliphatic carbocycles. The van der Waals surface area contributed by atoms with E-state index in [1.54, 1.807) is 0 Å². The Bertz CT molecular complexity index is 231. The number of hydrogen-bond donors (Lipinski definition) is 1. The van der Waals surface area contributed by atoms with Crippen molar-refractivity contribution in [2.24, 2.45) is 5.14 Å². The van der Waals surface area contributed by atoms with E-state index in [4.69, 9.17) is 0 Å². The highest BCUT2D eigenvalue weighted by Crippen LogP contribution is 2.10. The number of hydrogen-bond acceptors (Lipinski definition) is 3. The summed E-state index contributed by atoms with van der Waals surface area (Å²) >= 11 is 0. The van der Waals surface area contributed by atoms with Crippen molar-refractivity contribution < 1.29 is 13.2 Å². The lowest BCUT2D eigenvalue weighted by molar-refractivity contribution is -0.133. The third-order valence-corrected chi connectivity index (χ3v) is 2.11. The number of nitrogens with zero attached hydrogens (tertiary/aromatic N) is 1. The fourth-order valence-corrected chi connectivity index (χ4v) is 1.28. The van der Waals surface area contributed by atoms with E-state index < -0.39 is 16.1 Å². The fourth-order valence-electron chi connectivity index (χ4n) is 0.564. The quantitative estimate of drug-likeness (QED) is 0.458. The molecule has 1 fully saturated rings. The van der Waals surface area contributed by atoms with E-state index in [2.05, 4.69) is 5.14 Å². The molecule has 6 heteroatoms. The Morgan fingerprint density at radius 3 is 2.11 bits per heavy atom. The predicted molar refractivity (Wildman–Crippen MR) is 29.4 cm³/mol.